The number of aliphatic hydroxyl groups is 3. The summed E-state index contributed by atoms with van der Waals surface area (Å²) in [4.78, 5) is 21.3. The molecule has 0 aromatic rings. The van der Waals surface area contributed by atoms with Crippen molar-refractivity contribution in [3.63, 3.8) is 0 Å². The number of rotatable bonds is 2. The van der Waals surface area contributed by atoms with Crippen LogP contribution in [0.3, 0.4) is 0 Å². The van der Waals surface area contributed by atoms with Gasteiger partial charge in [-0.05, 0) is 0 Å². The van der Waals surface area contributed by atoms with Crippen LogP contribution in [0.1, 0.15) is 6.92 Å². The second-order valence-electron chi connectivity index (χ2n) is 3.49. The van der Waals surface area contributed by atoms with Crippen LogP contribution in [0.15, 0.2) is 0 Å². The van der Waals surface area contributed by atoms with Crippen molar-refractivity contribution in [2.75, 3.05) is 0 Å². The fraction of sp³-hybridized carbons (Fsp3) is 0.750. The van der Waals surface area contributed by atoms with Gasteiger partial charge >= 0.3 is 5.97 Å². The summed E-state index contributed by atoms with van der Waals surface area (Å²) in [6.07, 6.45) is -6.76. The first-order valence-electron chi connectivity index (χ1n) is 4.54. The lowest BCUT2D eigenvalue weighted by Gasteiger charge is -2.39. The number of nitrogens with one attached hydrogen (secondary N) is 1. The molecule has 1 heterocycles. The number of carboxylic acid groups (broad SMARTS) is 1. The quantitative estimate of drug-likeness (QED) is 0.344. The summed E-state index contributed by atoms with van der Waals surface area (Å²) in [6, 6.07) is -1.26. The Labute approximate surface area is 90.5 Å². The zero-order valence-electron chi connectivity index (χ0n) is 8.40. The van der Waals surface area contributed by atoms with E-state index in [9.17, 15) is 24.9 Å². The van der Waals surface area contributed by atoms with Gasteiger partial charge < -0.3 is 30.5 Å². The molecule has 0 spiro atoms. The molecule has 0 aromatic carbocycles. The topological polar surface area (TPSA) is 136 Å². The summed E-state index contributed by atoms with van der Waals surface area (Å²) >= 11 is 0. The van der Waals surface area contributed by atoms with Crippen LogP contribution in [0.25, 0.3) is 0 Å². The molecule has 5 unspecified atom stereocenters. The minimum Gasteiger partial charge on any atom is -0.479 e. The summed E-state index contributed by atoms with van der Waals surface area (Å²) in [6.45, 7) is 1.15. The molecule has 1 aliphatic heterocycles. The number of ether oxygens (including phenoxy) is 1. The van der Waals surface area contributed by atoms with Gasteiger partial charge in [0.05, 0.1) is 0 Å². The summed E-state index contributed by atoms with van der Waals surface area (Å²) in [5.41, 5.74) is 0. The first-order valence-corrected chi connectivity index (χ1v) is 4.54. The first-order chi connectivity index (χ1) is 7.34. The lowest BCUT2D eigenvalue weighted by molar-refractivity contribution is -0.249. The smallest absolute Gasteiger partial charge is 0.335 e. The molecule has 0 radical (unpaired) electrons. The number of carbonyl (C=O) groups excluding carboxylic acids is 1. The van der Waals surface area contributed by atoms with Crippen molar-refractivity contribution >= 4 is 11.9 Å². The van der Waals surface area contributed by atoms with Crippen molar-refractivity contribution in [1.29, 1.82) is 0 Å². The highest BCUT2D eigenvalue weighted by atomic mass is 16.6. The number of hydrogen-bond donors (Lipinski definition) is 5. The molecule has 1 rings (SSSR count). The number of hydrogen-bond acceptors (Lipinski definition) is 6. The average molecular weight is 235 g/mol. The van der Waals surface area contributed by atoms with Crippen LogP contribution in [-0.2, 0) is 14.3 Å². The predicted octanol–water partition coefficient (Wildman–Crippen LogP) is -2.99. The second kappa shape index (κ2) is 4.74. The van der Waals surface area contributed by atoms with Gasteiger partial charge in [-0.3, -0.25) is 4.79 Å². The zero-order valence-corrected chi connectivity index (χ0v) is 8.40. The monoisotopic (exact) mass is 235 g/mol. The van der Waals surface area contributed by atoms with Gasteiger partial charge in [-0.25, -0.2) is 4.79 Å². The summed E-state index contributed by atoms with van der Waals surface area (Å²) in [7, 11) is 0. The Morgan fingerprint density at radius 2 is 1.75 bits per heavy atom. The molecule has 1 fully saturated rings. The van der Waals surface area contributed by atoms with Crippen molar-refractivity contribution in [1.82, 2.24) is 5.32 Å². The lowest BCUT2D eigenvalue weighted by atomic mass is 9.97. The molecule has 92 valence electrons. The zero-order chi connectivity index (χ0) is 12.5. The van der Waals surface area contributed by atoms with Crippen LogP contribution in [0, 0.1) is 0 Å². The molecule has 1 saturated heterocycles. The van der Waals surface area contributed by atoms with Gasteiger partial charge in [-0.1, -0.05) is 0 Å². The molecule has 0 aromatic heterocycles. The highest BCUT2D eigenvalue weighted by molar-refractivity contribution is 5.74. The second-order valence-corrected chi connectivity index (χ2v) is 3.49. The van der Waals surface area contributed by atoms with Crippen LogP contribution >= 0.6 is 0 Å². The van der Waals surface area contributed by atoms with E-state index in [0.29, 0.717) is 0 Å². The van der Waals surface area contributed by atoms with Crippen molar-refractivity contribution in [3.8, 4) is 0 Å². The van der Waals surface area contributed by atoms with E-state index in [1.165, 1.54) is 0 Å². The number of aliphatic hydroxyl groups excluding tert-OH is 3. The lowest BCUT2D eigenvalue weighted by Crippen LogP contribution is -2.64. The van der Waals surface area contributed by atoms with Crippen molar-refractivity contribution in [2.24, 2.45) is 0 Å². The van der Waals surface area contributed by atoms with Crippen molar-refractivity contribution < 1.29 is 34.8 Å². The number of amides is 1. The Kier molecular flexibility index (Phi) is 3.81. The Balaban J connectivity index is 2.79. The normalized spacial score (nSPS) is 39.1. The van der Waals surface area contributed by atoms with Gasteiger partial charge in [0, 0.05) is 6.92 Å². The molecular formula is C8H13NO7. The summed E-state index contributed by atoms with van der Waals surface area (Å²) in [5, 5.41) is 39.0. The van der Waals surface area contributed by atoms with Gasteiger partial charge in [0.25, 0.3) is 0 Å². The SMILES string of the molecule is CC(=O)NC1C(O)OC(C(=O)O)C(O)C1O. The molecule has 0 aliphatic carbocycles. The maximum atomic E-state index is 10.7. The summed E-state index contributed by atoms with van der Waals surface area (Å²) < 4.78 is 4.58. The molecule has 8 nitrogen and oxygen atoms in total. The Morgan fingerprint density at radius 1 is 1.19 bits per heavy atom. The van der Waals surface area contributed by atoms with Gasteiger partial charge in [-0.2, -0.15) is 0 Å². The van der Waals surface area contributed by atoms with E-state index in [-0.39, 0.29) is 0 Å². The van der Waals surface area contributed by atoms with Gasteiger partial charge in [0.15, 0.2) is 12.4 Å². The van der Waals surface area contributed by atoms with Crippen molar-refractivity contribution in [3.05, 3.63) is 0 Å². The molecule has 8 heteroatoms. The molecule has 0 bridgehead atoms. The highest BCUT2D eigenvalue weighted by Gasteiger charge is 2.47. The highest BCUT2D eigenvalue weighted by Crippen LogP contribution is 2.20. The largest absolute Gasteiger partial charge is 0.479 e. The fourth-order valence-corrected chi connectivity index (χ4v) is 1.47. The Hall–Kier alpha value is -1.22. The number of carbonyl (C=O) groups is 2. The van der Waals surface area contributed by atoms with E-state index in [1.54, 1.807) is 0 Å². The van der Waals surface area contributed by atoms with E-state index in [2.05, 4.69) is 10.1 Å². The number of carboxylic acids is 1. The van der Waals surface area contributed by atoms with Crippen LogP contribution in [0.4, 0.5) is 0 Å². The maximum absolute atomic E-state index is 10.7. The molecule has 16 heavy (non-hydrogen) atoms. The predicted molar refractivity (Wildman–Crippen MR) is 48.1 cm³/mol. The van der Waals surface area contributed by atoms with Gasteiger partial charge in [0.2, 0.25) is 5.91 Å². The molecule has 1 aliphatic rings. The fourth-order valence-electron chi connectivity index (χ4n) is 1.47. The van der Waals surface area contributed by atoms with E-state index >= 15 is 0 Å². The van der Waals surface area contributed by atoms with Crippen LogP contribution < -0.4 is 5.32 Å². The first kappa shape index (κ1) is 12.8. The third-order valence-corrected chi connectivity index (χ3v) is 2.23. The third-order valence-electron chi connectivity index (χ3n) is 2.23. The van der Waals surface area contributed by atoms with Crippen LogP contribution in [0.2, 0.25) is 0 Å². The molecule has 1 amide bonds. The van der Waals surface area contributed by atoms with E-state index < -0.39 is 42.5 Å². The average Bonchev–Trinajstić information content (AvgIpc) is 2.17. The molecular weight excluding hydrogens is 222 g/mol. The third kappa shape index (κ3) is 2.47. The summed E-state index contributed by atoms with van der Waals surface area (Å²) in [5.74, 6) is -2.06. The molecule has 0 saturated carbocycles. The minimum absolute atomic E-state index is 0.548. The standard InChI is InChI=1S/C8H13NO7/c1-2(10)9-3-4(11)5(12)6(7(13)14)16-8(3)15/h3-6,8,11-12,15H,1H3,(H,9,10)(H,13,14). The van der Waals surface area contributed by atoms with E-state index in [4.69, 9.17) is 5.11 Å². The van der Waals surface area contributed by atoms with Crippen molar-refractivity contribution in [2.45, 2.75) is 37.6 Å². The number of aliphatic carboxylic acids is 1. The Morgan fingerprint density at radius 3 is 2.19 bits per heavy atom. The molecule has 5 N–H and O–H groups in total. The van der Waals surface area contributed by atoms with Crippen LogP contribution in [0.5, 0.6) is 0 Å². The van der Waals surface area contributed by atoms with Gasteiger partial charge in [0.1, 0.15) is 18.2 Å². The van der Waals surface area contributed by atoms with Crippen LogP contribution in [-0.4, -0.2) is 62.9 Å². The van der Waals surface area contributed by atoms with E-state index in [0.717, 1.165) is 6.92 Å². The molecule has 5 atom stereocenters. The maximum Gasteiger partial charge on any atom is 0.335 e. The Bertz CT molecular complexity index is 294. The minimum atomic E-state index is -1.73. The van der Waals surface area contributed by atoms with Gasteiger partial charge in [-0.15, -0.1) is 0 Å². The van der Waals surface area contributed by atoms with E-state index in [1.807, 2.05) is 0 Å².